The minimum absolute atomic E-state index is 0.0983. The molecule has 17 heavy (non-hydrogen) atoms. The van der Waals surface area contributed by atoms with Crippen LogP contribution in [0.5, 0.6) is 0 Å². The fourth-order valence-corrected chi connectivity index (χ4v) is 1.36. The highest BCUT2D eigenvalue weighted by atomic mass is 79.9. The third-order valence-electron chi connectivity index (χ3n) is 2.09. The van der Waals surface area contributed by atoms with Crippen molar-refractivity contribution in [1.29, 1.82) is 0 Å². The van der Waals surface area contributed by atoms with Crippen molar-refractivity contribution in [2.45, 2.75) is 11.8 Å². The van der Waals surface area contributed by atoms with Gasteiger partial charge in [0.05, 0.1) is 10.5 Å². The number of halogens is 1. The molecular weight excluding hydrogens is 286 g/mol. The summed E-state index contributed by atoms with van der Waals surface area (Å²) in [5, 5.41) is 13.7. The maximum Gasteiger partial charge on any atom is 0.237 e. The Morgan fingerprint density at radius 2 is 2.35 bits per heavy atom. The molecule has 0 radical (unpaired) electrons. The van der Waals surface area contributed by atoms with Crippen molar-refractivity contribution >= 4 is 27.5 Å². The third kappa shape index (κ3) is 2.88. The molecule has 1 heterocycles. The van der Waals surface area contributed by atoms with Gasteiger partial charge in [-0.25, -0.2) is 4.68 Å². The Kier molecular flexibility index (Phi) is 3.48. The molecule has 0 aliphatic carbocycles. The Hall–Kier alpha value is -1.76. The van der Waals surface area contributed by atoms with Crippen LogP contribution in [0.25, 0.3) is 5.69 Å². The molecule has 2 aromatic rings. The molecule has 0 aliphatic rings. The molecule has 7 heteroatoms. The first-order chi connectivity index (χ1) is 8.16. The molecule has 6 nitrogen and oxygen atoms in total. The molecule has 88 valence electrons. The van der Waals surface area contributed by atoms with Crippen molar-refractivity contribution in [2.24, 2.45) is 0 Å². The van der Waals surface area contributed by atoms with Crippen molar-refractivity contribution in [3.8, 4) is 5.69 Å². The summed E-state index contributed by atoms with van der Waals surface area (Å²) in [6.45, 7) is 1.76. The van der Waals surface area contributed by atoms with Crippen molar-refractivity contribution in [1.82, 2.24) is 20.2 Å². The first-order valence-electron chi connectivity index (χ1n) is 4.95. The number of anilines is 1. The number of hydrogen-bond donors (Lipinski definition) is 1. The van der Waals surface area contributed by atoms with Crippen molar-refractivity contribution in [2.75, 3.05) is 5.32 Å². The van der Waals surface area contributed by atoms with Gasteiger partial charge in [-0.2, -0.15) is 0 Å². The summed E-state index contributed by atoms with van der Waals surface area (Å²) in [6, 6.07) is 7.28. The van der Waals surface area contributed by atoms with Gasteiger partial charge in [-0.05, 0) is 35.5 Å². The average molecular weight is 296 g/mol. The van der Waals surface area contributed by atoms with Crippen LogP contribution >= 0.6 is 15.9 Å². The van der Waals surface area contributed by atoms with Crippen LogP contribution in [0.4, 0.5) is 5.69 Å². The average Bonchev–Trinajstić information content (AvgIpc) is 2.82. The number of benzene rings is 1. The van der Waals surface area contributed by atoms with Gasteiger partial charge in [0, 0.05) is 5.69 Å². The summed E-state index contributed by atoms with van der Waals surface area (Å²) in [5.41, 5.74) is 1.49. The number of alkyl halides is 1. The predicted octanol–water partition coefficient (Wildman–Crippen LogP) is 1.38. The van der Waals surface area contributed by atoms with Gasteiger partial charge in [0.1, 0.15) is 6.33 Å². The van der Waals surface area contributed by atoms with Crippen LogP contribution in [-0.2, 0) is 4.79 Å². The number of aromatic nitrogens is 4. The van der Waals surface area contributed by atoms with E-state index < -0.39 is 0 Å². The van der Waals surface area contributed by atoms with E-state index in [1.807, 2.05) is 12.1 Å². The van der Waals surface area contributed by atoms with E-state index in [4.69, 9.17) is 0 Å². The molecule has 1 amide bonds. The summed E-state index contributed by atoms with van der Waals surface area (Å²) in [6.07, 6.45) is 1.49. The van der Waals surface area contributed by atoms with Crippen LogP contribution < -0.4 is 5.32 Å². The lowest BCUT2D eigenvalue weighted by atomic mass is 10.2. The van der Waals surface area contributed by atoms with Crippen molar-refractivity contribution in [3.63, 3.8) is 0 Å². The number of carbonyl (C=O) groups is 1. The summed E-state index contributed by atoms with van der Waals surface area (Å²) in [7, 11) is 0. The minimum Gasteiger partial charge on any atom is -0.325 e. The molecule has 1 aromatic carbocycles. The zero-order valence-corrected chi connectivity index (χ0v) is 10.6. The van der Waals surface area contributed by atoms with Crippen molar-refractivity contribution < 1.29 is 4.79 Å². The quantitative estimate of drug-likeness (QED) is 0.869. The Morgan fingerprint density at radius 3 is 3.00 bits per heavy atom. The highest BCUT2D eigenvalue weighted by Gasteiger charge is 2.09. The SMILES string of the molecule is CC(Br)C(=O)Nc1cccc(-n2cnnn2)c1. The molecule has 1 N–H and O–H groups in total. The number of nitrogens with zero attached hydrogens (tertiary/aromatic N) is 4. The Morgan fingerprint density at radius 1 is 1.53 bits per heavy atom. The molecule has 0 bridgehead atoms. The lowest BCUT2D eigenvalue weighted by molar-refractivity contribution is -0.115. The smallest absolute Gasteiger partial charge is 0.237 e. The lowest BCUT2D eigenvalue weighted by Gasteiger charge is -2.07. The molecule has 2 rings (SSSR count). The molecule has 0 saturated carbocycles. The highest BCUT2D eigenvalue weighted by molar-refractivity contribution is 9.10. The standard InChI is InChI=1S/C10H10BrN5O/c1-7(11)10(17)13-8-3-2-4-9(5-8)16-6-12-14-15-16/h2-7H,1H3,(H,13,17). The normalized spacial score (nSPS) is 12.1. The predicted molar refractivity (Wildman–Crippen MR) is 66.2 cm³/mol. The first-order valence-corrected chi connectivity index (χ1v) is 5.87. The second-order valence-corrected chi connectivity index (χ2v) is 4.78. The largest absolute Gasteiger partial charge is 0.325 e. The van der Waals surface area contributed by atoms with E-state index in [0.29, 0.717) is 5.69 Å². The Labute approximate surface area is 106 Å². The zero-order chi connectivity index (χ0) is 12.3. The van der Waals surface area contributed by atoms with Crippen LogP contribution in [0.1, 0.15) is 6.92 Å². The number of nitrogens with one attached hydrogen (secondary N) is 1. The molecule has 0 saturated heterocycles. The molecule has 0 aliphatic heterocycles. The summed E-state index contributed by atoms with van der Waals surface area (Å²) in [5.74, 6) is -0.0983. The summed E-state index contributed by atoms with van der Waals surface area (Å²) < 4.78 is 1.52. The van der Waals surface area contributed by atoms with E-state index in [1.165, 1.54) is 11.0 Å². The van der Waals surface area contributed by atoms with E-state index in [0.717, 1.165) is 5.69 Å². The Balaban J connectivity index is 2.20. The van der Waals surface area contributed by atoms with Crippen LogP contribution in [-0.4, -0.2) is 30.9 Å². The van der Waals surface area contributed by atoms with Crippen LogP contribution in [0.15, 0.2) is 30.6 Å². The van der Waals surface area contributed by atoms with E-state index in [2.05, 4.69) is 36.8 Å². The minimum atomic E-state index is -0.237. The Bertz CT molecular complexity index is 511. The number of hydrogen-bond acceptors (Lipinski definition) is 4. The van der Waals surface area contributed by atoms with Gasteiger partial charge in [0.15, 0.2) is 0 Å². The fraction of sp³-hybridized carbons (Fsp3) is 0.200. The molecule has 1 atom stereocenters. The number of amides is 1. The highest BCUT2D eigenvalue weighted by Crippen LogP contribution is 2.14. The van der Waals surface area contributed by atoms with Gasteiger partial charge in [-0.15, -0.1) is 5.10 Å². The monoisotopic (exact) mass is 295 g/mol. The summed E-state index contributed by atoms with van der Waals surface area (Å²) in [4.78, 5) is 11.3. The molecule has 0 fully saturated rings. The van der Waals surface area contributed by atoms with Gasteiger partial charge < -0.3 is 5.32 Å². The number of carbonyl (C=O) groups excluding carboxylic acids is 1. The van der Waals surface area contributed by atoms with Crippen LogP contribution in [0.2, 0.25) is 0 Å². The van der Waals surface area contributed by atoms with E-state index in [-0.39, 0.29) is 10.7 Å². The van der Waals surface area contributed by atoms with E-state index >= 15 is 0 Å². The lowest BCUT2D eigenvalue weighted by Crippen LogP contribution is -2.19. The van der Waals surface area contributed by atoms with Gasteiger partial charge in [0.2, 0.25) is 5.91 Å². The maximum absolute atomic E-state index is 11.5. The van der Waals surface area contributed by atoms with Gasteiger partial charge in [0.25, 0.3) is 0 Å². The molecule has 1 unspecified atom stereocenters. The fourth-order valence-electron chi connectivity index (χ4n) is 1.25. The molecule has 0 spiro atoms. The summed E-state index contributed by atoms with van der Waals surface area (Å²) >= 11 is 3.20. The van der Waals surface area contributed by atoms with E-state index in [1.54, 1.807) is 19.1 Å². The third-order valence-corrected chi connectivity index (χ3v) is 2.50. The second-order valence-electron chi connectivity index (χ2n) is 3.41. The zero-order valence-electron chi connectivity index (χ0n) is 9.04. The number of tetrazole rings is 1. The van der Waals surface area contributed by atoms with Crippen molar-refractivity contribution in [3.05, 3.63) is 30.6 Å². The van der Waals surface area contributed by atoms with E-state index in [9.17, 15) is 4.79 Å². The number of rotatable bonds is 3. The molecular formula is C10H10BrN5O. The topological polar surface area (TPSA) is 72.7 Å². The van der Waals surface area contributed by atoms with Crippen LogP contribution in [0.3, 0.4) is 0 Å². The van der Waals surface area contributed by atoms with Gasteiger partial charge >= 0.3 is 0 Å². The first kappa shape index (κ1) is 11.7. The van der Waals surface area contributed by atoms with Gasteiger partial charge in [-0.3, -0.25) is 4.79 Å². The van der Waals surface area contributed by atoms with Gasteiger partial charge in [-0.1, -0.05) is 22.0 Å². The maximum atomic E-state index is 11.5. The second kappa shape index (κ2) is 5.05. The van der Waals surface area contributed by atoms with Crippen LogP contribution in [0, 0.1) is 0 Å². The molecule has 1 aromatic heterocycles.